The van der Waals surface area contributed by atoms with Crippen LogP contribution in [-0.4, -0.2) is 46.3 Å². The monoisotopic (exact) mass is 343 g/mol. The molecule has 2 heterocycles. The van der Waals surface area contributed by atoms with Gasteiger partial charge in [-0.15, -0.1) is 0 Å². The number of hydrogen-bond donors (Lipinski definition) is 2. The number of halogens is 1. The molecule has 1 fully saturated rings. The zero-order valence-electron chi connectivity index (χ0n) is 13.7. The van der Waals surface area contributed by atoms with Crippen molar-refractivity contribution < 1.29 is 14.0 Å². The summed E-state index contributed by atoms with van der Waals surface area (Å²) in [6.07, 6.45) is 2.84. The molecule has 2 amide bonds. The maximum atomic E-state index is 13.6. The molecule has 2 aromatic rings. The van der Waals surface area contributed by atoms with Gasteiger partial charge in [0.2, 0.25) is 11.9 Å². The molecule has 1 aliphatic rings. The van der Waals surface area contributed by atoms with Crippen molar-refractivity contribution in [2.75, 3.05) is 25.0 Å². The van der Waals surface area contributed by atoms with E-state index in [9.17, 15) is 14.0 Å². The lowest BCUT2D eigenvalue weighted by atomic mass is 10.0. The van der Waals surface area contributed by atoms with Crippen molar-refractivity contribution in [3.05, 3.63) is 53.6 Å². The van der Waals surface area contributed by atoms with Gasteiger partial charge in [0, 0.05) is 32.0 Å². The van der Waals surface area contributed by atoms with E-state index in [0.29, 0.717) is 31.1 Å². The summed E-state index contributed by atoms with van der Waals surface area (Å²) in [6, 6.07) is 4.82. The average molecular weight is 343 g/mol. The van der Waals surface area contributed by atoms with Crippen molar-refractivity contribution in [1.82, 2.24) is 20.2 Å². The van der Waals surface area contributed by atoms with Crippen molar-refractivity contribution in [1.29, 1.82) is 0 Å². The van der Waals surface area contributed by atoms with Crippen LogP contribution in [0.1, 0.15) is 28.9 Å². The van der Waals surface area contributed by atoms with Crippen LogP contribution >= 0.6 is 0 Å². The third-order valence-electron chi connectivity index (χ3n) is 3.87. The van der Waals surface area contributed by atoms with Crippen molar-refractivity contribution >= 4 is 17.8 Å². The zero-order valence-corrected chi connectivity index (χ0v) is 13.7. The van der Waals surface area contributed by atoms with Crippen LogP contribution in [0.25, 0.3) is 0 Å². The van der Waals surface area contributed by atoms with E-state index in [1.165, 1.54) is 35.5 Å². The van der Waals surface area contributed by atoms with Crippen LogP contribution in [0.4, 0.5) is 10.3 Å². The molecule has 0 radical (unpaired) electrons. The third kappa shape index (κ3) is 3.57. The van der Waals surface area contributed by atoms with Gasteiger partial charge in [0.05, 0.1) is 5.56 Å². The molecule has 1 aliphatic heterocycles. The largest absolute Gasteiger partial charge is 0.355 e. The number of aromatic nitrogens is 2. The summed E-state index contributed by atoms with van der Waals surface area (Å²) >= 11 is 0. The predicted octanol–water partition coefficient (Wildman–Crippen LogP) is 1.36. The van der Waals surface area contributed by atoms with Crippen LogP contribution in [0.3, 0.4) is 0 Å². The highest BCUT2D eigenvalue weighted by atomic mass is 19.1. The number of nitrogens with zero attached hydrogens (tertiary/aromatic N) is 3. The van der Waals surface area contributed by atoms with Gasteiger partial charge in [-0.25, -0.2) is 14.4 Å². The predicted molar refractivity (Wildman–Crippen MR) is 89.4 cm³/mol. The molecular weight excluding hydrogens is 325 g/mol. The Hall–Kier alpha value is -3.03. The highest BCUT2D eigenvalue weighted by Crippen LogP contribution is 2.25. The Morgan fingerprint density at radius 2 is 2.16 bits per heavy atom. The van der Waals surface area contributed by atoms with E-state index in [4.69, 9.17) is 0 Å². The maximum absolute atomic E-state index is 13.6. The molecule has 0 aliphatic carbocycles. The highest BCUT2D eigenvalue weighted by Gasteiger charge is 2.35. The molecule has 1 atom stereocenters. The van der Waals surface area contributed by atoms with Crippen LogP contribution in [0, 0.1) is 5.82 Å². The van der Waals surface area contributed by atoms with Crippen LogP contribution < -0.4 is 10.6 Å². The fourth-order valence-electron chi connectivity index (χ4n) is 2.75. The number of amides is 2. The zero-order chi connectivity index (χ0) is 17.8. The first-order valence-electron chi connectivity index (χ1n) is 8.00. The molecule has 7 nitrogen and oxygen atoms in total. The van der Waals surface area contributed by atoms with Gasteiger partial charge >= 0.3 is 0 Å². The van der Waals surface area contributed by atoms with Gasteiger partial charge < -0.3 is 15.5 Å². The lowest BCUT2D eigenvalue weighted by Gasteiger charge is -2.35. The Morgan fingerprint density at radius 3 is 2.84 bits per heavy atom. The normalized spacial score (nSPS) is 17.1. The second kappa shape index (κ2) is 7.25. The molecule has 1 aromatic carbocycles. The second-order valence-electron chi connectivity index (χ2n) is 5.57. The minimum absolute atomic E-state index is 0.276. The molecule has 0 bridgehead atoms. The van der Waals surface area contributed by atoms with E-state index in [0.717, 1.165) is 0 Å². The van der Waals surface area contributed by atoms with Crippen LogP contribution in [0.2, 0.25) is 0 Å². The topological polar surface area (TPSA) is 87.2 Å². The molecule has 25 heavy (non-hydrogen) atoms. The highest BCUT2D eigenvalue weighted by molar-refractivity contribution is 5.98. The Labute approximate surface area is 144 Å². The number of carbonyl (C=O) groups is 2. The minimum Gasteiger partial charge on any atom is -0.355 e. The number of carbonyl (C=O) groups excluding carboxylic acids is 2. The van der Waals surface area contributed by atoms with Crippen molar-refractivity contribution in [3.63, 3.8) is 0 Å². The van der Waals surface area contributed by atoms with Gasteiger partial charge in [0.25, 0.3) is 5.91 Å². The van der Waals surface area contributed by atoms with E-state index >= 15 is 0 Å². The summed E-state index contributed by atoms with van der Waals surface area (Å²) in [7, 11) is 0. The smallest absolute Gasteiger partial charge is 0.258 e. The van der Waals surface area contributed by atoms with Gasteiger partial charge in [0.1, 0.15) is 11.9 Å². The van der Waals surface area contributed by atoms with E-state index in [1.807, 2.05) is 6.92 Å². The number of piperazine rings is 1. The van der Waals surface area contributed by atoms with E-state index < -0.39 is 11.9 Å². The van der Waals surface area contributed by atoms with Crippen molar-refractivity contribution in [2.45, 2.75) is 13.0 Å². The molecule has 130 valence electrons. The Bertz CT molecular complexity index is 781. The minimum atomic E-state index is -0.884. The molecule has 1 saturated heterocycles. The molecule has 0 unspecified atom stereocenters. The summed E-state index contributed by atoms with van der Waals surface area (Å²) < 4.78 is 13.6. The van der Waals surface area contributed by atoms with Crippen molar-refractivity contribution in [2.24, 2.45) is 0 Å². The summed E-state index contributed by atoms with van der Waals surface area (Å²) in [5.74, 6) is -0.735. The maximum Gasteiger partial charge on any atom is 0.258 e. The molecule has 0 spiro atoms. The lowest BCUT2D eigenvalue weighted by molar-refractivity contribution is -0.128. The SMILES string of the molecule is CCNc1ncc(C(=O)N2CCNC(=O)[C@H]2c2cccc(F)c2)cn1. The number of anilines is 1. The quantitative estimate of drug-likeness (QED) is 0.875. The number of benzene rings is 1. The fraction of sp³-hybridized carbons (Fsp3) is 0.294. The number of nitrogens with one attached hydrogen (secondary N) is 2. The first-order valence-corrected chi connectivity index (χ1v) is 8.00. The number of rotatable bonds is 4. The first kappa shape index (κ1) is 16.8. The van der Waals surface area contributed by atoms with Crippen LogP contribution in [0.15, 0.2) is 36.7 Å². The Balaban J connectivity index is 1.89. The van der Waals surface area contributed by atoms with Gasteiger partial charge in [-0.05, 0) is 24.6 Å². The molecule has 3 rings (SSSR count). The molecule has 1 aromatic heterocycles. The summed E-state index contributed by atoms with van der Waals surface area (Å²) in [4.78, 5) is 34.7. The summed E-state index contributed by atoms with van der Waals surface area (Å²) in [5, 5.41) is 5.66. The number of hydrogen-bond acceptors (Lipinski definition) is 5. The summed E-state index contributed by atoms with van der Waals surface area (Å²) in [5.41, 5.74) is 0.702. The fourth-order valence-corrected chi connectivity index (χ4v) is 2.75. The van der Waals surface area contributed by atoms with Gasteiger partial charge in [-0.3, -0.25) is 9.59 Å². The molecule has 8 heteroatoms. The van der Waals surface area contributed by atoms with E-state index in [-0.39, 0.29) is 17.4 Å². The van der Waals surface area contributed by atoms with Crippen LogP contribution in [-0.2, 0) is 4.79 Å². The molecule has 0 saturated carbocycles. The Morgan fingerprint density at radius 1 is 1.40 bits per heavy atom. The average Bonchev–Trinajstić information content (AvgIpc) is 2.62. The second-order valence-corrected chi connectivity index (χ2v) is 5.57. The van der Waals surface area contributed by atoms with E-state index in [1.54, 1.807) is 6.07 Å². The molecule has 2 N–H and O–H groups in total. The van der Waals surface area contributed by atoms with Gasteiger partial charge in [-0.1, -0.05) is 12.1 Å². The van der Waals surface area contributed by atoms with E-state index in [2.05, 4.69) is 20.6 Å². The van der Waals surface area contributed by atoms with Gasteiger partial charge in [-0.2, -0.15) is 0 Å². The third-order valence-corrected chi connectivity index (χ3v) is 3.87. The lowest BCUT2D eigenvalue weighted by Crippen LogP contribution is -2.52. The molecular formula is C17H18FN5O2. The van der Waals surface area contributed by atoms with Gasteiger partial charge in [0.15, 0.2) is 0 Å². The standard InChI is InChI=1S/C17H18FN5O2/c1-2-19-17-21-9-12(10-22-17)16(25)23-7-6-20-15(24)14(23)11-4-3-5-13(18)8-11/h3-5,8-10,14H,2,6-7H2,1H3,(H,20,24)(H,19,21,22)/t14-/m1/s1. The van der Waals surface area contributed by atoms with Crippen LogP contribution in [0.5, 0.6) is 0 Å². The first-order chi connectivity index (χ1) is 12.1. The van der Waals surface area contributed by atoms with Crippen molar-refractivity contribution in [3.8, 4) is 0 Å². The summed E-state index contributed by atoms with van der Waals surface area (Å²) in [6.45, 7) is 3.24. The Kier molecular flexibility index (Phi) is 4.87.